The van der Waals surface area contributed by atoms with Crippen LogP contribution in [0.5, 0.6) is 0 Å². The second-order valence-electron chi connectivity index (χ2n) is 6.90. The second kappa shape index (κ2) is 10.8. The van der Waals surface area contributed by atoms with Crippen molar-refractivity contribution in [3.05, 3.63) is 115 Å². The van der Waals surface area contributed by atoms with Gasteiger partial charge in [0.2, 0.25) is 0 Å². The molecular formula is C29H21IrN3S-2. The van der Waals surface area contributed by atoms with Crippen molar-refractivity contribution in [1.29, 1.82) is 0 Å². The number of nitrogens with zero attached hydrogens (tertiary/aromatic N) is 3. The van der Waals surface area contributed by atoms with Gasteiger partial charge >= 0.3 is 0 Å². The van der Waals surface area contributed by atoms with E-state index in [0.717, 1.165) is 22.0 Å². The molecular weight excluding hydrogens is 615 g/mol. The third-order valence-corrected chi connectivity index (χ3v) is 5.88. The van der Waals surface area contributed by atoms with E-state index in [2.05, 4.69) is 27.1 Å². The predicted octanol–water partition coefficient (Wildman–Crippen LogP) is 7.47. The summed E-state index contributed by atoms with van der Waals surface area (Å²) in [6.07, 6.45) is 1.02. The van der Waals surface area contributed by atoms with Crippen molar-refractivity contribution < 1.29 is 33.8 Å². The van der Waals surface area contributed by atoms with E-state index in [9.17, 15) is 0 Å². The maximum absolute atomic E-state index is 8.14. The number of aryl methyl sites for hydroxylation is 2. The summed E-state index contributed by atoms with van der Waals surface area (Å²) in [6, 6.07) is 22.5. The summed E-state index contributed by atoms with van der Waals surface area (Å²) >= 11 is 1.25. The Kier molecular flexibility index (Phi) is 4.52. The fraction of sp³-hybridized carbons (Fsp3) is 0.0690. The van der Waals surface area contributed by atoms with Crippen LogP contribution in [0.3, 0.4) is 0 Å². The maximum atomic E-state index is 8.14. The molecule has 169 valence electrons. The molecule has 5 heteroatoms. The van der Waals surface area contributed by atoms with Crippen molar-refractivity contribution in [1.82, 2.24) is 15.0 Å². The van der Waals surface area contributed by atoms with Crippen molar-refractivity contribution >= 4 is 31.6 Å². The molecule has 4 aromatic heterocycles. The molecule has 4 heterocycles. The van der Waals surface area contributed by atoms with Gasteiger partial charge < -0.3 is 9.97 Å². The minimum Gasteiger partial charge on any atom is -0.305 e. The molecule has 0 bridgehead atoms. The normalized spacial score (nSPS) is 15.4. The first-order valence-electron chi connectivity index (χ1n) is 14.9. The Bertz CT molecular complexity index is 1940. The van der Waals surface area contributed by atoms with Crippen LogP contribution in [0.1, 0.15) is 25.0 Å². The first kappa shape index (κ1) is 14.2. The van der Waals surface area contributed by atoms with Crippen LogP contribution in [0.2, 0.25) is 0 Å². The molecule has 34 heavy (non-hydrogen) atoms. The molecule has 1 radical (unpaired) electrons. The summed E-state index contributed by atoms with van der Waals surface area (Å²) in [4.78, 5) is 12.9. The van der Waals surface area contributed by atoms with E-state index >= 15 is 0 Å². The van der Waals surface area contributed by atoms with Crippen molar-refractivity contribution in [2.45, 2.75) is 13.7 Å². The molecule has 2 aromatic carbocycles. The number of aromatic nitrogens is 3. The largest absolute Gasteiger partial charge is 0.305 e. The number of pyridine rings is 3. The van der Waals surface area contributed by atoms with Gasteiger partial charge in [-0.15, -0.1) is 59.7 Å². The average Bonchev–Trinajstić information content (AvgIpc) is 3.36. The molecule has 6 rings (SSSR count). The smallest absolute Gasteiger partial charge is 0.113 e. The predicted molar refractivity (Wildman–Crippen MR) is 137 cm³/mol. The number of rotatable bonds is 2. The Morgan fingerprint density at radius 1 is 0.882 bits per heavy atom. The van der Waals surface area contributed by atoms with Crippen molar-refractivity contribution in [3.63, 3.8) is 0 Å². The number of fused-ring (bicyclic) bond motifs is 3. The Labute approximate surface area is 231 Å². The zero-order chi connectivity index (χ0) is 31.1. The molecule has 0 amide bonds. The fourth-order valence-corrected chi connectivity index (χ4v) is 4.42. The van der Waals surface area contributed by atoms with Crippen LogP contribution < -0.4 is 0 Å². The van der Waals surface area contributed by atoms with Crippen LogP contribution in [-0.4, -0.2) is 15.0 Å². The summed E-state index contributed by atoms with van der Waals surface area (Å²) in [6.45, 7) is -4.40. The van der Waals surface area contributed by atoms with Crippen molar-refractivity contribution in [3.8, 4) is 22.5 Å². The summed E-state index contributed by atoms with van der Waals surface area (Å²) in [5, 5.41) is 1.58. The van der Waals surface area contributed by atoms with Gasteiger partial charge in [-0.05, 0) is 52.9 Å². The molecule has 0 N–H and O–H groups in total. The Morgan fingerprint density at radius 2 is 1.85 bits per heavy atom. The molecule has 0 spiro atoms. The van der Waals surface area contributed by atoms with Gasteiger partial charge in [0, 0.05) is 46.4 Å². The van der Waals surface area contributed by atoms with Crippen LogP contribution in [0.25, 0.3) is 42.8 Å². The van der Waals surface area contributed by atoms with Gasteiger partial charge in [0.25, 0.3) is 0 Å². The molecule has 0 aliphatic carbocycles. The number of hydrogen-bond donors (Lipinski definition) is 0. The van der Waals surface area contributed by atoms with Gasteiger partial charge in [0.05, 0.1) is 5.48 Å². The van der Waals surface area contributed by atoms with Crippen LogP contribution in [0.4, 0.5) is 0 Å². The van der Waals surface area contributed by atoms with Gasteiger partial charge in [-0.3, -0.25) is 0 Å². The molecule has 0 aliphatic rings. The van der Waals surface area contributed by atoms with Crippen molar-refractivity contribution in [2.24, 2.45) is 0 Å². The molecule has 0 saturated carbocycles. The number of hydrogen-bond acceptors (Lipinski definition) is 4. The third kappa shape index (κ3) is 5.12. The minimum atomic E-state index is -2.31. The number of benzene rings is 2. The maximum Gasteiger partial charge on any atom is 0.113 e. The zero-order valence-electron chi connectivity index (χ0n) is 27.4. The van der Waals surface area contributed by atoms with E-state index in [-0.39, 0.29) is 55.3 Å². The van der Waals surface area contributed by atoms with Gasteiger partial charge in [0.1, 0.15) is 4.83 Å². The Morgan fingerprint density at radius 3 is 2.65 bits per heavy atom. The van der Waals surface area contributed by atoms with E-state index in [1.807, 2.05) is 24.3 Å². The first-order valence-corrected chi connectivity index (χ1v) is 10.7. The SMILES string of the molecule is [2H]C([2H])([2H])c1ccc(-c2[c-]cccc2)nc1.[2H]c1nc(-c2[c-]ccc3c2sc2nc(C([2H])([2H])[2H])ccc23)c([2H])c([2H])c1[2H].[Ir]. The monoisotopic (exact) mass is 646 g/mol. The second-order valence-corrected chi connectivity index (χ2v) is 7.90. The van der Waals surface area contributed by atoms with Crippen LogP contribution in [0, 0.1) is 25.8 Å². The van der Waals surface area contributed by atoms with Gasteiger partial charge in [-0.2, -0.15) is 11.3 Å². The van der Waals surface area contributed by atoms with E-state index < -0.39 is 19.7 Å². The average molecular weight is 646 g/mol. The Balaban J connectivity index is 0.000000223. The molecule has 0 aliphatic heterocycles. The summed E-state index contributed by atoms with van der Waals surface area (Å²) in [5.41, 5.74) is 2.40. The molecule has 0 fully saturated rings. The number of thiophene rings is 1. The summed E-state index contributed by atoms with van der Waals surface area (Å²) < 4.78 is 76.4. The van der Waals surface area contributed by atoms with Crippen molar-refractivity contribution in [2.75, 3.05) is 0 Å². The van der Waals surface area contributed by atoms with Gasteiger partial charge in [0.15, 0.2) is 0 Å². The molecule has 3 nitrogen and oxygen atoms in total. The van der Waals surface area contributed by atoms with Gasteiger partial charge in [-0.25, -0.2) is 4.98 Å². The molecule has 0 atom stereocenters. The minimum absolute atomic E-state index is 0. The van der Waals surface area contributed by atoms with E-state index in [4.69, 9.17) is 13.7 Å². The molecule has 0 saturated heterocycles. The molecule has 6 aromatic rings. The topological polar surface area (TPSA) is 38.7 Å². The first-order chi connectivity index (χ1) is 20.3. The van der Waals surface area contributed by atoms with E-state index in [1.54, 1.807) is 30.3 Å². The summed E-state index contributed by atoms with van der Waals surface area (Å²) in [5.74, 6) is 0. The fourth-order valence-electron chi connectivity index (χ4n) is 3.25. The standard InChI is InChI=1S/C17H11N2S.C12H10N.Ir/c1-11-8-9-13-12-5-4-6-14(15-7-2-3-10-18-15)16(12)20-17(13)19-11;1-10-7-8-12(13-9-10)11-5-3-2-4-6-11;/h2-5,7-10H,1H3;2-5,7-9H,1H3;/q2*-1;/i1D3,2D,3D,7D,10D;1D3;. The van der Waals surface area contributed by atoms with Crippen LogP contribution >= 0.6 is 11.3 Å². The van der Waals surface area contributed by atoms with Gasteiger partial charge in [-0.1, -0.05) is 35.7 Å². The van der Waals surface area contributed by atoms with E-state index in [0.29, 0.717) is 15.1 Å². The van der Waals surface area contributed by atoms with Crippen LogP contribution in [-0.2, 0) is 20.1 Å². The third-order valence-electron chi connectivity index (χ3n) is 4.75. The van der Waals surface area contributed by atoms with Crippen LogP contribution in [0.15, 0.2) is 91.2 Å². The molecule has 0 unspecified atom stereocenters. The van der Waals surface area contributed by atoms with E-state index in [1.165, 1.54) is 23.6 Å². The quantitative estimate of drug-likeness (QED) is 0.184. The Hall–Kier alpha value is -3.24. The summed E-state index contributed by atoms with van der Waals surface area (Å²) in [7, 11) is 0. The zero-order valence-corrected chi connectivity index (χ0v) is 20.6.